The summed E-state index contributed by atoms with van der Waals surface area (Å²) in [5.41, 5.74) is 2.43. The highest BCUT2D eigenvalue weighted by molar-refractivity contribution is 7.99. The quantitative estimate of drug-likeness (QED) is 0.880. The first-order valence-corrected chi connectivity index (χ1v) is 8.02. The van der Waals surface area contributed by atoms with Gasteiger partial charge < -0.3 is 10.4 Å². The summed E-state index contributed by atoms with van der Waals surface area (Å²) in [5, 5.41) is 13.3. The first kappa shape index (κ1) is 14.3. The fraction of sp³-hybridized carbons (Fsp3) is 0.533. The van der Waals surface area contributed by atoms with Crippen LogP contribution in [0.2, 0.25) is 0 Å². The Morgan fingerprint density at radius 3 is 2.84 bits per heavy atom. The second kappa shape index (κ2) is 6.33. The Balaban J connectivity index is 2.04. The maximum absolute atomic E-state index is 10.9. The lowest BCUT2D eigenvalue weighted by molar-refractivity contribution is 0.0697. The van der Waals surface area contributed by atoms with Gasteiger partial charge in [0.15, 0.2) is 0 Å². The van der Waals surface area contributed by atoms with E-state index in [0.717, 1.165) is 16.5 Å². The number of thioether (sulfide) groups is 1. The molecule has 104 valence electrons. The van der Waals surface area contributed by atoms with E-state index in [4.69, 9.17) is 5.11 Å². The van der Waals surface area contributed by atoms with Crippen LogP contribution in [-0.4, -0.2) is 28.6 Å². The average Bonchev–Trinajstić information content (AvgIpc) is 2.41. The molecule has 0 bridgehead atoms. The Morgan fingerprint density at radius 2 is 2.21 bits per heavy atom. The van der Waals surface area contributed by atoms with Gasteiger partial charge in [-0.05, 0) is 56.2 Å². The normalized spacial score (nSPS) is 23.1. The molecule has 1 aliphatic carbocycles. The molecule has 19 heavy (non-hydrogen) atoms. The van der Waals surface area contributed by atoms with Crippen molar-refractivity contribution in [2.75, 3.05) is 11.6 Å². The highest BCUT2D eigenvalue weighted by Gasteiger charge is 2.21. The molecule has 0 spiro atoms. The first-order chi connectivity index (χ1) is 9.10. The van der Waals surface area contributed by atoms with E-state index >= 15 is 0 Å². The predicted octanol–water partition coefficient (Wildman–Crippen LogP) is 3.78. The van der Waals surface area contributed by atoms with Crippen molar-refractivity contribution in [1.29, 1.82) is 0 Å². The summed E-state index contributed by atoms with van der Waals surface area (Å²) >= 11 is 1.95. The van der Waals surface area contributed by atoms with Gasteiger partial charge in [0.05, 0.1) is 5.56 Å². The second-order valence-electron chi connectivity index (χ2n) is 5.20. The van der Waals surface area contributed by atoms with E-state index in [2.05, 4.69) is 11.6 Å². The third-order valence-electron chi connectivity index (χ3n) is 3.79. The van der Waals surface area contributed by atoms with Gasteiger partial charge in [-0.3, -0.25) is 0 Å². The van der Waals surface area contributed by atoms with Crippen LogP contribution in [0.1, 0.15) is 41.6 Å². The largest absolute Gasteiger partial charge is 0.478 e. The number of carbonyl (C=O) groups is 1. The highest BCUT2D eigenvalue weighted by atomic mass is 32.2. The van der Waals surface area contributed by atoms with Crippen molar-refractivity contribution in [2.24, 2.45) is 0 Å². The van der Waals surface area contributed by atoms with Crippen molar-refractivity contribution < 1.29 is 9.90 Å². The van der Waals surface area contributed by atoms with Crippen molar-refractivity contribution in [3.05, 3.63) is 29.3 Å². The molecule has 4 heteroatoms. The lowest BCUT2D eigenvalue weighted by Gasteiger charge is -2.30. The van der Waals surface area contributed by atoms with Crippen LogP contribution in [0.25, 0.3) is 0 Å². The number of carboxylic acid groups (broad SMARTS) is 1. The van der Waals surface area contributed by atoms with Crippen LogP contribution in [0.3, 0.4) is 0 Å². The van der Waals surface area contributed by atoms with Gasteiger partial charge in [-0.15, -0.1) is 0 Å². The molecule has 0 radical (unpaired) electrons. The molecule has 0 amide bonds. The zero-order chi connectivity index (χ0) is 13.8. The minimum Gasteiger partial charge on any atom is -0.478 e. The van der Waals surface area contributed by atoms with Crippen LogP contribution < -0.4 is 5.32 Å². The molecule has 0 aliphatic heterocycles. The maximum atomic E-state index is 10.9. The zero-order valence-electron chi connectivity index (χ0n) is 11.5. The summed E-state index contributed by atoms with van der Waals surface area (Å²) in [6, 6.07) is 5.81. The molecule has 1 aliphatic rings. The van der Waals surface area contributed by atoms with Crippen LogP contribution in [-0.2, 0) is 0 Å². The van der Waals surface area contributed by atoms with Crippen molar-refractivity contribution in [3.63, 3.8) is 0 Å². The second-order valence-corrected chi connectivity index (χ2v) is 6.34. The van der Waals surface area contributed by atoms with E-state index in [1.807, 2.05) is 24.8 Å². The fourth-order valence-electron chi connectivity index (χ4n) is 2.67. The Hall–Kier alpha value is -1.16. The molecule has 2 atom stereocenters. The predicted molar refractivity (Wildman–Crippen MR) is 81.3 cm³/mol. The topological polar surface area (TPSA) is 49.3 Å². The molecule has 3 nitrogen and oxygen atoms in total. The van der Waals surface area contributed by atoms with Crippen LogP contribution in [0, 0.1) is 6.92 Å². The van der Waals surface area contributed by atoms with E-state index < -0.39 is 5.97 Å². The van der Waals surface area contributed by atoms with E-state index in [9.17, 15) is 4.79 Å². The smallest absolute Gasteiger partial charge is 0.335 e. The minimum atomic E-state index is -0.866. The summed E-state index contributed by atoms with van der Waals surface area (Å²) in [4.78, 5) is 10.9. The molecular formula is C15H21NO2S. The van der Waals surface area contributed by atoms with Crippen LogP contribution >= 0.6 is 11.8 Å². The minimum absolute atomic E-state index is 0.355. The summed E-state index contributed by atoms with van der Waals surface area (Å²) in [5.74, 6) is -0.866. The Labute approximate surface area is 118 Å². The maximum Gasteiger partial charge on any atom is 0.335 e. The van der Waals surface area contributed by atoms with Gasteiger partial charge in [-0.2, -0.15) is 11.8 Å². The standard InChI is InChI=1S/C15H21NO2S/c1-10-8-11(15(17)18)6-7-14(10)16-12-4-3-5-13(9-12)19-2/h6-8,12-13,16H,3-5,9H2,1-2H3,(H,17,18). The van der Waals surface area contributed by atoms with Gasteiger partial charge in [0.25, 0.3) is 0 Å². The summed E-state index contributed by atoms with van der Waals surface area (Å²) < 4.78 is 0. The molecule has 2 N–H and O–H groups in total. The van der Waals surface area contributed by atoms with Crippen molar-refractivity contribution in [1.82, 2.24) is 0 Å². The number of aromatic carboxylic acids is 1. The van der Waals surface area contributed by atoms with E-state index in [1.54, 1.807) is 12.1 Å². The molecule has 1 aromatic carbocycles. The van der Waals surface area contributed by atoms with E-state index in [1.165, 1.54) is 25.7 Å². The molecule has 0 aromatic heterocycles. The van der Waals surface area contributed by atoms with E-state index in [0.29, 0.717) is 11.6 Å². The number of hydrogen-bond acceptors (Lipinski definition) is 3. The lowest BCUT2D eigenvalue weighted by atomic mass is 9.94. The number of rotatable bonds is 4. The molecule has 0 saturated heterocycles. The summed E-state index contributed by atoms with van der Waals surface area (Å²) in [7, 11) is 0. The summed E-state index contributed by atoms with van der Waals surface area (Å²) in [6.07, 6.45) is 7.17. The van der Waals surface area contributed by atoms with Gasteiger partial charge >= 0.3 is 5.97 Å². The molecule has 2 rings (SSSR count). The number of carboxylic acids is 1. The van der Waals surface area contributed by atoms with Crippen molar-refractivity contribution in [3.8, 4) is 0 Å². The number of hydrogen-bond donors (Lipinski definition) is 2. The van der Waals surface area contributed by atoms with E-state index in [-0.39, 0.29) is 0 Å². The Bertz CT molecular complexity index is 461. The Kier molecular flexibility index (Phi) is 4.75. The Morgan fingerprint density at radius 1 is 1.42 bits per heavy atom. The van der Waals surface area contributed by atoms with Crippen LogP contribution in [0.5, 0.6) is 0 Å². The molecule has 1 aromatic rings. The lowest BCUT2D eigenvalue weighted by Crippen LogP contribution is -2.28. The third-order valence-corrected chi connectivity index (χ3v) is 4.89. The first-order valence-electron chi connectivity index (χ1n) is 6.73. The number of anilines is 1. The number of nitrogens with one attached hydrogen (secondary N) is 1. The molecule has 2 unspecified atom stereocenters. The molecule has 1 saturated carbocycles. The zero-order valence-corrected chi connectivity index (χ0v) is 12.3. The average molecular weight is 279 g/mol. The van der Waals surface area contributed by atoms with Crippen molar-refractivity contribution >= 4 is 23.4 Å². The summed E-state index contributed by atoms with van der Waals surface area (Å²) in [6.45, 7) is 1.96. The fourth-order valence-corrected chi connectivity index (χ4v) is 3.50. The van der Waals surface area contributed by atoms with Gasteiger partial charge in [-0.25, -0.2) is 4.79 Å². The highest BCUT2D eigenvalue weighted by Crippen LogP contribution is 2.29. The van der Waals surface area contributed by atoms with Gasteiger partial charge in [0.2, 0.25) is 0 Å². The number of benzene rings is 1. The van der Waals surface area contributed by atoms with Crippen LogP contribution in [0.4, 0.5) is 5.69 Å². The van der Waals surface area contributed by atoms with Gasteiger partial charge in [0, 0.05) is 17.0 Å². The van der Waals surface area contributed by atoms with Gasteiger partial charge in [-0.1, -0.05) is 6.42 Å². The molecule has 0 heterocycles. The molecular weight excluding hydrogens is 258 g/mol. The van der Waals surface area contributed by atoms with Crippen LogP contribution in [0.15, 0.2) is 18.2 Å². The monoisotopic (exact) mass is 279 g/mol. The third kappa shape index (κ3) is 3.66. The molecule has 1 fully saturated rings. The number of aryl methyl sites for hydroxylation is 1. The van der Waals surface area contributed by atoms with Gasteiger partial charge in [0.1, 0.15) is 0 Å². The van der Waals surface area contributed by atoms with Crippen molar-refractivity contribution in [2.45, 2.75) is 43.9 Å². The SMILES string of the molecule is CSC1CCCC(Nc2ccc(C(=O)O)cc2C)C1.